The summed E-state index contributed by atoms with van der Waals surface area (Å²) in [6.45, 7) is 7.70. The van der Waals surface area contributed by atoms with E-state index in [4.69, 9.17) is 9.26 Å². The molecule has 3 atom stereocenters. The number of aromatic nitrogens is 1. The van der Waals surface area contributed by atoms with Crippen LogP contribution in [0.2, 0.25) is 0 Å². The number of nitrogens with one attached hydrogen (secondary N) is 1. The maximum atomic E-state index is 9.99. The van der Waals surface area contributed by atoms with Crippen molar-refractivity contribution in [3.63, 3.8) is 0 Å². The third kappa shape index (κ3) is 5.09. The van der Waals surface area contributed by atoms with Gasteiger partial charge in [-0.1, -0.05) is 24.9 Å². The Hall–Kier alpha value is -0.910. The molecule has 0 bridgehead atoms. The summed E-state index contributed by atoms with van der Waals surface area (Å²) in [4.78, 5) is 0. The van der Waals surface area contributed by atoms with Crippen LogP contribution in [0.15, 0.2) is 4.52 Å². The Morgan fingerprint density at radius 2 is 2.24 bits per heavy atom. The van der Waals surface area contributed by atoms with Gasteiger partial charge in [-0.3, -0.25) is 0 Å². The number of rotatable bonds is 7. The number of ether oxygens (including phenoxy) is 1. The topological polar surface area (TPSA) is 67.5 Å². The second-order valence-corrected chi connectivity index (χ2v) is 6.31. The van der Waals surface area contributed by atoms with Crippen LogP contribution < -0.4 is 5.32 Å². The second-order valence-electron chi connectivity index (χ2n) is 6.31. The van der Waals surface area contributed by atoms with Gasteiger partial charge in [0.2, 0.25) is 0 Å². The van der Waals surface area contributed by atoms with Crippen LogP contribution in [0.25, 0.3) is 0 Å². The summed E-state index contributed by atoms with van der Waals surface area (Å²) in [5.74, 6) is 1.58. The van der Waals surface area contributed by atoms with Crippen LogP contribution in [0.3, 0.4) is 0 Å². The molecule has 1 heterocycles. The van der Waals surface area contributed by atoms with Crippen molar-refractivity contribution in [3.05, 3.63) is 17.0 Å². The minimum Gasteiger partial charge on any atom is -0.389 e. The van der Waals surface area contributed by atoms with Gasteiger partial charge in [0, 0.05) is 18.7 Å². The molecule has 5 nitrogen and oxygen atoms in total. The highest BCUT2D eigenvalue weighted by Crippen LogP contribution is 2.25. The third-order valence-electron chi connectivity index (χ3n) is 4.28. The quantitative estimate of drug-likeness (QED) is 0.808. The molecule has 0 aliphatic heterocycles. The molecule has 0 spiro atoms. The van der Waals surface area contributed by atoms with Gasteiger partial charge in [-0.2, -0.15) is 0 Å². The lowest BCUT2D eigenvalue weighted by atomic mass is 9.89. The maximum Gasteiger partial charge on any atom is 0.138 e. The highest BCUT2D eigenvalue weighted by Gasteiger charge is 2.20. The van der Waals surface area contributed by atoms with Crippen LogP contribution in [0.4, 0.5) is 0 Å². The molecular weight excluding hydrogens is 268 g/mol. The standard InChI is InChI=1S/C16H28N2O3/c1-11-5-4-6-15(7-11)20-10-14(19)8-17-9-16-12(2)18-21-13(16)3/h11,14-15,17,19H,4-10H2,1-3H3. The lowest BCUT2D eigenvalue weighted by Gasteiger charge is -2.27. The first kappa shape index (κ1) is 16.5. The molecule has 120 valence electrons. The van der Waals surface area contributed by atoms with Gasteiger partial charge < -0.3 is 19.7 Å². The van der Waals surface area contributed by atoms with Crippen LogP contribution in [0.5, 0.6) is 0 Å². The van der Waals surface area contributed by atoms with E-state index >= 15 is 0 Å². The van der Waals surface area contributed by atoms with Crippen molar-refractivity contribution in [1.29, 1.82) is 0 Å². The molecule has 1 aliphatic rings. The highest BCUT2D eigenvalue weighted by molar-refractivity contribution is 5.20. The zero-order valence-corrected chi connectivity index (χ0v) is 13.4. The van der Waals surface area contributed by atoms with Crippen molar-refractivity contribution < 1.29 is 14.4 Å². The maximum absolute atomic E-state index is 9.99. The Bertz CT molecular complexity index is 414. The minimum absolute atomic E-state index is 0.325. The lowest BCUT2D eigenvalue weighted by molar-refractivity contribution is -0.0306. The third-order valence-corrected chi connectivity index (χ3v) is 4.28. The Labute approximate surface area is 127 Å². The van der Waals surface area contributed by atoms with Crippen LogP contribution in [-0.4, -0.2) is 35.6 Å². The number of aliphatic hydroxyl groups is 1. The van der Waals surface area contributed by atoms with E-state index in [1.165, 1.54) is 12.8 Å². The Balaban J connectivity index is 1.62. The summed E-state index contributed by atoms with van der Waals surface area (Å²) >= 11 is 0. The first-order valence-corrected chi connectivity index (χ1v) is 7.98. The molecule has 0 amide bonds. The Morgan fingerprint density at radius 3 is 2.90 bits per heavy atom. The summed E-state index contributed by atoms with van der Waals surface area (Å²) in [5, 5.41) is 17.1. The SMILES string of the molecule is Cc1noc(C)c1CNCC(O)COC1CCCC(C)C1. The average molecular weight is 296 g/mol. The smallest absolute Gasteiger partial charge is 0.138 e. The summed E-state index contributed by atoms with van der Waals surface area (Å²) in [7, 11) is 0. The van der Waals surface area contributed by atoms with Crippen molar-refractivity contribution >= 4 is 0 Å². The van der Waals surface area contributed by atoms with Crippen molar-refractivity contribution in [1.82, 2.24) is 10.5 Å². The van der Waals surface area contributed by atoms with Crippen LogP contribution in [0, 0.1) is 19.8 Å². The minimum atomic E-state index is -0.470. The van der Waals surface area contributed by atoms with Crippen molar-refractivity contribution in [2.45, 2.75) is 65.2 Å². The second kappa shape index (κ2) is 7.92. The van der Waals surface area contributed by atoms with Gasteiger partial charge in [-0.15, -0.1) is 0 Å². The number of nitrogens with zero attached hydrogens (tertiary/aromatic N) is 1. The zero-order chi connectivity index (χ0) is 15.2. The van der Waals surface area contributed by atoms with Crippen molar-refractivity contribution in [2.75, 3.05) is 13.2 Å². The Morgan fingerprint density at radius 1 is 1.43 bits per heavy atom. The highest BCUT2D eigenvalue weighted by atomic mass is 16.5. The number of aryl methyl sites for hydroxylation is 2. The van der Waals surface area contributed by atoms with Crippen LogP contribution in [-0.2, 0) is 11.3 Å². The molecule has 21 heavy (non-hydrogen) atoms. The molecule has 2 N–H and O–H groups in total. The van der Waals surface area contributed by atoms with Gasteiger partial charge in [0.15, 0.2) is 0 Å². The molecule has 1 aliphatic carbocycles. The van der Waals surface area contributed by atoms with Crippen molar-refractivity contribution in [2.24, 2.45) is 5.92 Å². The molecule has 0 radical (unpaired) electrons. The van der Waals surface area contributed by atoms with E-state index in [0.717, 1.165) is 35.8 Å². The fraction of sp³-hybridized carbons (Fsp3) is 0.812. The monoisotopic (exact) mass is 296 g/mol. The largest absolute Gasteiger partial charge is 0.389 e. The molecule has 0 aromatic carbocycles. The first-order chi connectivity index (χ1) is 10.1. The van der Waals surface area contributed by atoms with E-state index in [9.17, 15) is 5.11 Å². The summed E-state index contributed by atoms with van der Waals surface area (Å²) in [6.07, 6.45) is 4.66. The van der Waals surface area contributed by atoms with E-state index in [2.05, 4.69) is 17.4 Å². The number of hydrogen-bond donors (Lipinski definition) is 2. The first-order valence-electron chi connectivity index (χ1n) is 7.98. The fourth-order valence-electron chi connectivity index (χ4n) is 2.95. The normalized spacial score (nSPS) is 24.2. The fourth-order valence-corrected chi connectivity index (χ4v) is 2.95. The van der Waals surface area contributed by atoms with Gasteiger partial charge in [-0.05, 0) is 32.6 Å². The number of aliphatic hydroxyl groups excluding tert-OH is 1. The van der Waals surface area contributed by atoms with Gasteiger partial charge in [0.25, 0.3) is 0 Å². The summed E-state index contributed by atoms with van der Waals surface area (Å²) in [5.41, 5.74) is 1.98. The molecular formula is C16H28N2O3. The van der Waals surface area contributed by atoms with Crippen LogP contribution >= 0.6 is 0 Å². The molecule has 1 saturated carbocycles. The molecule has 1 fully saturated rings. The van der Waals surface area contributed by atoms with E-state index in [1.54, 1.807) is 0 Å². The summed E-state index contributed by atoms with van der Waals surface area (Å²) in [6, 6.07) is 0. The van der Waals surface area contributed by atoms with E-state index in [-0.39, 0.29) is 0 Å². The molecule has 1 aromatic heterocycles. The Kier molecular flexibility index (Phi) is 6.21. The molecule has 3 unspecified atom stereocenters. The van der Waals surface area contributed by atoms with Gasteiger partial charge >= 0.3 is 0 Å². The predicted molar refractivity (Wildman–Crippen MR) is 81.1 cm³/mol. The van der Waals surface area contributed by atoms with Gasteiger partial charge in [0.1, 0.15) is 5.76 Å². The average Bonchev–Trinajstić information content (AvgIpc) is 2.77. The van der Waals surface area contributed by atoms with E-state index in [0.29, 0.717) is 25.8 Å². The molecule has 1 aromatic rings. The zero-order valence-electron chi connectivity index (χ0n) is 13.4. The number of hydrogen-bond acceptors (Lipinski definition) is 5. The molecule has 2 rings (SSSR count). The van der Waals surface area contributed by atoms with E-state index in [1.807, 2.05) is 13.8 Å². The van der Waals surface area contributed by atoms with Gasteiger partial charge in [-0.25, -0.2) is 0 Å². The molecule has 0 saturated heterocycles. The van der Waals surface area contributed by atoms with Crippen LogP contribution in [0.1, 0.15) is 49.6 Å². The van der Waals surface area contributed by atoms with Crippen molar-refractivity contribution in [3.8, 4) is 0 Å². The molecule has 5 heteroatoms. The van der Waals surface area contributed by atoms with E-state index < -0.39 is 6.10 Å². The lowest BCUT2D eigenvalue weighted by Crippen LogP contribution is -2.33. The predicted octanol–water partition coefficient (Wildman–Crippen LogP) is 2.34. The summed E-state index contributed by atoms with van der Waals surface area (Å²) < 4.78 is 10.9. The van der Waals surface area contributed by atoms with Gasteiger partial charge in [0.05, 0.1) is 24.5 Å².